The van der Waals surface area contributed by atoms with Gasteiger partial charge >= 0.3 is 6.09 Å². The molecule has 1 saturated heterocycles. The number of ether oxygens (including phenoxy) is 1. The monoisotopic (exact) mass is 406 g/mol. The normalized spacial score (nSPS) is 20.8. The fourth-order valence-corrected chi connectivity index (χ4v) is 3.40. The van der Waals surface area contributed by atoms with E-state index in [1.165, 1.54) is 16.7 Å². The van der Waals surface area contributed by atoms with Crippen molar-refractivity contribution < 1.29 is 19.4 Å². The molecule has 2 amide bonds. The molecule has 0 aliphatic carbocycles. The lowest BCUT2D eigenvalue weighted by Crippen LogP contribution is -2.40. The second-order valence-electron chi connectivity index (χ2n) is 5.69. The maximum atomic E-state index is 11.8. The molecule has 1 aromatic rings. The van der Waals surface area contributed by atoms with Crippen molar-refractivity contribution in [3.63, 3.8) is 0 Å². The highest BCUT2D eigenvalue weighted by atomic mass is 35.5. The van der Waals surface area contributed by atoms with E-state index in [1.807, 2.05) is 12.3 Å². The van der Waals surface area contributed by atoms with Crippen LogP contribution in [0.2, 0.25) is 10.0 Å². The molecule has 0 aromatic heterocycles. The van der Waals surface area contributed by atoms with Crippen LogP contribution in [0.15, 0.2) is 18.2 Å². The molecule has 0 bridgehead atoms. The van der Waals surface area contributed by atoms with Gasteiger partial charge in [-0.3, -0.25) is 4.79 Å². The molecule has 1 heterocycles. The Kier molecular flexibility index (Phi) is 7.68. The predicted molar refractivity (Wildman–Crippen MR) is 99.6 cm³/mol. The molecule has 6 nitrogen and oxygen atoms in total. The maximum absolute atomic E-state index is 11.8. The Morgan fingerprint density at radius 3 is 2.80 bits per heavy atom. The summed E-state index contributed by atoms with van der Waals surface area (Å²) in [6.07, 6.45) is 0.464. The first kappa shape index (κ1) is 20.2. The van der Waals surface area contributed by atoms with Gasteiger partial charge < -0.3 is 20.1 Å². The minimum Gasteiger partial charge on any atom is -0.465 e. The van der Waals surface area contributed by atoms with Crippen LogP contribution in [-0.4, -0.2) is 60.3 Å². The molecule has 25 heavy (non-hydrogen) atoms. The average Bonchev–Trinajstić information content (AvgIpc) is 2.78. The Labute approximate surface area is 160 Å². The fourth-order valence-electron chi connectivity index (χ4n) is 2.73. The van der Waals surface area contributed by atoms with Crippen LogP contribution >= 0.6 is 35.0 Å². The van der Waals surface area contributed by atoms with Gasteiger partial charge in [0.05, 0.1) is 28.5 Å². The Morgan fingerprint density at radius 1 is 1.40 bits per heavy atom. The van der Waals surface area contributed by atoms with Gasteiger partial charge in [0, 0.05) is 25.6 Å². The first-order valence-corrected chi connectivity index (χ1v) is 9.87. The van der Waals surface area contributed by atoms with Crippen LogP contribution in [0.4, 0.5) is 4.79 Å². The van der Waals surface area contributed by atoms with Crippen LogP contribution in [0.1, 0.15) is 11.7 Å². The standard InChI is InChI=1S/C16H20Cl2N2O4S/c1-25-9-14(21)19-7-11-8-20(16(22)23)4-5-24-15(11)10-2-3-12(17)13(18)6-10/h2-3,6,11,15H,4-5,7-9H2,1H3,(H,19,21)(H,22,23)/t11-,15+/m1/s1. The molecule has 2 N–H and O–H groups in total. The van der Waals surface area contributed by atoms with Crippen molar-refractivity contribution in [2.75, 3.05) is 38.2 Å². The number of amides is 2. The summed E-state index contributed by atoms with van der Waals surface area (Å²) in [6.45, 7) is 1.13. The molecule has 0 saturated carbocycles. The minimum absolute atomic E-state index is 0.0912. The smallest absolute Gasteiger partial charge is 0.407 e. The topological polar surface area (TPSA) is 78.9 Å². The van der Waals surface area contributed by atoms with Gasteiger partial charge in [-0.25, -0.2) is 4.79 Å². The number of nitrogens with one attached hydrogen (secondary N) is 1. The van der Waals surface area contributed by atoms with Gasteiger partial charge in [-0.2, -0.15) is 11.8 Å². The van der Waals surface area contributed by atoms with Crippen LogP contribution in [0.25, 0.3) is 0 Å². The predicted octanol–water partition coefficient (Wildman–Crippen LogP) is 3.14. The molecule has 2 atom stereocenters. The van der Waals surface area contributed by atoms with E-state index in [4.69, 9.17) is 27.9 Å². The summed E-state index contributed by atoms with van der Waals surface area (Å²) in [6, 6.07) is 5.22. The third kappa shape index (κ3) is 5.67. The Balaban J connectivity index is 2.21. The Morgan fingerprint density at radius 2 is 2.16 bits per heavy atom. The maximum Gasteiger partial charge on any atom is 0.407 e. The molecular weight excluding hydrogens is 387 g/mol. The number of nitrogens with zero attached hydrogens (tertiary/aromatic N) is 1. The molecule has 0 spiro atoms. The van der Waals surface area contributed by atoms with Gasteiger partial charge in [-0.1, -0.05) is 29.3 Å². The van der Waals surface area contributed by atoms with Crippen molar-refractivity contribution in [2.45, 2.75) is 6.10 Å². The third-order valence-electron chi connectivity index (χ3n) is 3.92. The first-order valence-electron chi connectivity index (χ1n) is 7.72. The first-order chi connectivity index (χ1) is 11.9. The van der Waals surface area contributed by atoms with Gasteiger partial charge in [0.15, 0.2) is 0 Å². The summed E-state index contributed by atoms with van der Waals surface area (Å²) in [7, 11) is 0. The summed E-state index contributed by atoms with van der Waals surface area (Å²) in [5, 5.41) is 13.0. The summed E-state index contributed by atoms with van der Waals surface area (Å²) < 4.78 is 5.91. The summed E-state index contributed by atoms with van der Waals surface area (Å²) in [4.78, 5) is 24.5. The van der Waals surface area contributed by atoms with Gasteiger partial charge in [0.25, 0.3) is 0 Å². The molecule has 1 aromatic carbocycles. The summed E-state index contributed by atoms with van der Waals surface area (Å²) in [5.41, 5.74) is 0.811. The summed E-state index contributed by atoms with van der Waals surface area (Å²) >= 11 is 13.5. The number of carbonyl (C=O) groups excluding carboxylic acids is 1. The fraction of sp³-hybridized carbons (Fsp3) is 0.500. The van der Waals surface area contributed by atoms with Gasteiger partial charge in [-0.15, -0.1) is 0 Å². The zero-order valence-corrected chi connectivity index (χ0v) is 16.0. The molecular formula is C16H20Cl2N2O4S. The van der Waals surface area contributed by atoms with E-state index in [0.717, 1.165) is 5.56 Å². The molecule has 9 heteroatoms. The molecule has 1 aliphatic heterocycles. The lowest BCUT2D eigenvalue weighted by atomic mass is 9.95. The van der Waals surface area contributed by atoms with E-state index >= 15 is 0 Å². The van der Waals surface area contributed by atoms with Crippen molar-refractivity contribution in [1.29, 1.82) is 0 Å². The summed E-state index contributed by atoms with van der Waals surface area (Å²) in [5.74, 6) is 0.0290. The second-order valence-corrected chi connectivity index (χ2v) is 7.37. The van der Waals surface area contributed by atoms with Crippen molar-refractivity contribution >= 4 is 47.0 Å². The van der Waals surface area contributed by atoms with Crippen molar-refractivity contribution in [3.8, 4) is 0 Å². The lowest BCUT2D eigenvalue weighted by Gasteiger charge is -2.27. The van der Waals surface area contributed by atoms with Crippen molar-refractivity contribution in [1.82, 2.24) is 10.2 Å². The van der Waals surface area contributed by atoms with E-state index in [0.29, 0.717) is 22.3 Å². The minimum atomic E-state index is -1.00. The van der Waals surface area contributed by atoms with Crippen molar-refractivity contribution in [3.05, 3.63) is 33.8 Å². The number of hydrogen-bond donors (Lipinski definition) is 2. The zero-order valence-electron chi connectivity index (χ0n) is 13.7. The number of hydrogen-bond acceptors (Lipinski definition) is 4. The van der Waals surface area contributed by atoms with Crippen LogP contribution < -0.4 is 5.32 Å². The van der Waals surface area contributed by atoms with Crippen LogP contribution in [0.5, 0.6) is 0 Å². The number of thioether (sulfide) groups is 1. The van der Waals surface area contributed by atoms with E-state index in [9.17, 15) is 14.7 Å². The lowest BCUT2D eigenvalue weighted by molar-refractivity contribution is -0.119. The highest BCUT2D eigenvalue weighted by molar-refractivity contribution is 7.99. The molecule has 138 valence electrons. The highest BCUT2D eigenvalue weighted by Crippen LogP contribution is 2.33. The number of halogens is 2. The second kappa shape index (κ2) is 9.52. The molecule has 2 rings (SSSR count). The molecule has 1 fully saturated rings. The van der Waals surface area contributed by atoms with Crippen LogP contribution in [0.3, 0.4) is 0 Å². The number of carboxylic acid groups (broad SMARTS) is 1. The SMILES string of the molecule is CSCC(=O)NC[C@@H]1CN(C(=O)O)CCO[C@H]1c1ccc(Cl)c(Cl)c1. The number of benzene rings is 1. The highest BCUT2D eigenvalue weighted by Gasteiger charge is 2.31. The van der Waals surface area contributed by atoms with Gasteiger partial charge in [0.1, 0.15) is 0 Å². The number of carbonyl (C=O) groups is 2. The third-order valence-corrected chi connectivity index (χ3v) is 5.21. The largest absolute Gasteiger partial charge is 0.465 e. The van der Waals surface area contributed by atoms with E-state index in [1.54, 1.807) is 12.1 Å². The number of rotatable bonds is 5. The van der Waals surface area contributed by atoms with Crippen molar-refractivity contribution in [2.24, 2.45) is 5.92 Å². The van der Waals surface area contributed by atoms with E-state index in [2.05, 4.69) is 5.32 Å². The Bertz CT molecular complexity index is 632. The molecule has 0 radical (unpaired) electrons. The van der Waals surface area contributed by atoms with Crippen LogP contribution in [0, 0.1) is 5.92 Å². The Hall–Kier alpha value is -1.15. The van der Waals surface area contributed by atoms with E-state index in [-0.39, 0.29) is 37.6 Å². The van der Waals surface area contributed by atoms with Crippen LogP contribution in [-0.2, 0) is 9.53 Å². The van der Waals surface area contributed by atoms with E-state index < -0.39 is 6.09 Å². The van der Waals surface area contributed by atoms with Gasteiger partial charge in [-0.05, 0) is 24.0 Å². The quantitative estimate of drug-likeness (QED) is 0.784. The molecule has 1 aliphatic rings. The van der Waals surface area contributed by atoms with Gasteiger partial charge in [0.2, 0.25) is 5.91 Å². The zero-order chi connectivity index (χ0) is 18.4. The molecule has 0 unspecified atom stereocenters. The average molecular weight is 407 g/mol.